The predicted molar refractivity (Wildman–Crippen MR) is 55.4 cm³/mol. The third-order valence-electron chi connectivity index (χ3n) is 2.24. The predicted octanol–water partition coefficient (Wildman–Crippen LogP) is 2.41. The molecule has 0 unspecified atom stereocenters. The van der Waals surface area contributed by atoms with Crippen molar-refractivity contribution in [3.8, 4) is 5.75 Å². The fourth-order valence-electron chi connectivity index (χ4n) is 0.988. The van der Waals surface area contributed by atoms with Crippen LogP contribution in [0.25, 0.3) is 0 Å². The van der Waals surface area contributed by atoms with Gasteiger partial charge in [0.2, 0.25) is 0 Å². The normalized spacial score (nSPS) is 11.5. The first-order valence-electron chi connectivity index (χ1n) is 4.83. The van der Waals surface area contributed by atoms with E-state index in [2.05, 4.69) is 4.98 Å². The minimum Gasteiger partial charge on any atom is -0.489 e. The zero-order valence-corrected chi connectivity index (χ0v) is 9.29. The Morgan fingerprint density at radius 2 is 2.20 bits per heavy atom. The van der Waals surface area contributed by atoms with E-state index in [9.17, 15) is 4.39 Å². The van der Waals surface area contributed by atoms with Crippen LogP contribution in [0.1, 0.15) is 20.3 Å². The molecule has 4 heteroatoms. The first-order chi connectivity index (χ1) is 7.05. The molecule has 1 rings (SSSR count). The van der Waals surface area contributed by atoms with Crippen molar-refractivity contribution in [3.05, 3.63) is 24.3 Å². The summed E-state index contributed by atoms with van der Waals surface area (Å²) in [7, 11) is 1.64. The van der Waals surface area contributed by atoms with Gasteiger partial charge in [-0.3, -0.25) is 0 Å². The molecule has 0 aliphatic rings. The topological polar surface area (TPSA) is 31.4 Å². The van der Waals surface area contributed by atoms with Gasteiger partial charge in [-0.1, -0.05) is 0 Å². The Kier molecular flexibility index (Phi) is 4.03. The smallest absolute Gasteiger partial charge is 0.255 e. The van der Waals surface area contributed by atoms with Crippen molar-refractivity contribution in [2.75, 3.05) is 13.7 Å². The Hall–Kier alpha value is -1.16. The van der Waals surface area contributed by atoms with E-state index in [0.29, 0.717) is 13.0 Å². The molecule has 3 nitrogen and oxygen atoms in total. The van der Waals surface area contributed by atoms with Crippen LogP contribution in [0.3, 0.4) is 0 Å². The highest BCUT2D eigenvalue weighted by molar-refractivity contribution is 5.17. The van der Waals surface area contributed by atoms with Crippen molar-refractivity contribution < 1.29 is 13.9 Å². The van der Waals surface area contributed by atoms with E-state index < -0.39 is 5.95 Å². The Labute approximate surface area is 89.2 Å². The van der Waals surface area contributed by atoms with E-state index in [-0.39, 0.29) is 11.4 Å². The molecule has 0 atom stereocenters. The minimum atomic E-state index is -0.576. The number of halogens is 1. The molecule has 0 bridgehead atoms. The lowest BCUT2D eigenvalue weighted by Crippen LogP contribution is -2.25. The van der Waals surface area contributed by atoms with Gasteiger partial charge < -0.3 is 9.47 Å². The van der Waals surface area contributed by atoms with Gasteiger partial charge in [0.1, 0.15) is 0 Å². The lowest BCUT2D eigenvalue weighted by molar-refractivity contribution is 0.00507. The third kappa shape index (κ3) is 3.83. The van der Waals surface area contributed by atoms with Crippen molar-refractivity contribution in [1.82, 2.24) is 4.98 Å². The van der Waals surface area contributed by atoms with Gasteiger partial charge in [0.05, 0.1) is 12.2 Å². The highest BCUT2D eigenvalue weighted by Gasteiger charge is 2.16. The zero-order chi connectivity index (χ0) is 11.3. The van der Waals surface area contributed by atoms with Crippen LogP contribution in [-0.4, -0.2) is 24.3 Å². The molecule has 1 aromatic rings. The number of rotatable bonds is 5. The van der Waals surface area contributed by atoms with Crippen LogP contribution < -0.4 is 4.74 Å². The summed E-state index contributed by atoms with van der Waals surface area (Å²) < 4.78 is 23.5. The van der Waals surface area contributed by atoms with Crippen LogP contribution in [0.4, 0.5) is 4.39 Å². The number of pyridine rings is 1. The second kappa shape index (κ2) is 5.07. The van der Waals surface area contributed by atoms with E-state index in [0.717, 1.165) is 0 Å². The Balaban J connectivity index is 2.42. The van der Waals surface area contributed by atoms with Crippen LogP contribution in [0.5, 0.6) is 5.75 Å². The Morgan fingerprint density at radius 3 is 2.80 bits per heavy atom. The number of ether oxygens (including phenoxy) is 2. The molecule has 0 aliphatic heterocycles. The van der Waals surface area contributed by atoms with Crippen molar-refractivity contribution in [3.63, 3.8) is 0 Å². The molecule has 0 amide bonds. The van der Waals surface area contributed by atoms with E-state index in [1.54, 1.807) is 19.2 Å². The molecule has 0 aliphatic carbocycles. The van der Waals surface area contributed by atoms with Gasteiger partial charge in [-0.15, -0.1) is 0 Å². The maximum absolute atomic E-state index is 13.0. The molecule has 1 heterocycles. The number of aromatic nitrogens is 1. The van der Waals surface area contributed by atoms with Crippen LogP contribution >= 0.6 is 0 Å². The number of hydrogen-bond donors (Lipinski definition) is 0. The maximum atomic E-state index is 13.0. The minimum absolute atomic E-state index is 0.185. The van der Waals surface area contributed by atoms with Gasteiger partial charge in [-0.25, -0.2) is 4.98 Å². The fraction of sp³-hybridized carbons (Fsp3) is 0.545. The largest absolute Gasteiger partial charge is 0.489 e. The standard InChI is InChI=1S/C11H16FNO2/c1-11(2,14-3)6-8-15-9-5-4-7-13-10(9)12/h4-5,7H,6,8H2,1-3H3. The highest BCUT2D eigenvalue weighted by atomic mass is 19.1. The van der Waals surface area contributed by atoms with Crippen LogP contribution in [-0.2, 0) is 4.74 Å². The molecular formula is C11H16FNO2. The SMILES string of the molecule is COC(C)(C)CCOc1cccnc1F. The molecule has 1 aromatic heterocycles. The molecule has 0 N–H and O–H groups in total. The van der Waals surface area contributed by atoms with Gasteiger partial charge in [-0.2, -0.15) is 4.39 Å². The Bertz CT molecular complexity index is 315. The van der Waals surface area contributed by atoms with Gasteiger partial charge in [0, 0.05) is 19.7 Å². The summed E-state index contributed by atoms with van der Waals surface area (Å²) >= 11 is 0. The van der Waals surface area contributed by atoms with E-state index in [1.807, 2.05) is 13.8 Å². The first kappa shape index (κ1) is 11.9. The van der Waals surface area contributed by atoms with Gasteiger partial charge in [-0.05, 0) is 26.0 Å². The summed E-state index contributed by atoms with van der Waals surface area (Å²) in [6.45, 7) is 4.31. The molecular weight excluding hydrogens is 197 g/mol. The molecule has 0 aromatic carbocycles. The summed E-state index contributed by atoms with van der Waals surface area (Å²) in [4.78, 5) is 3.49. The van der Waals surface area contributed by atoms with E-state index in [4.69, 9.17) is 9.47 Å². The molecule has 0 saturated carbocycles. The van der Waals surface area contributed by atoms with Gasteiger partial charge >= 0.3 is 0 Å². The lowest BCUT2D eigenvalue weighted by atomic mass is 10.1. The van der Waals surface area contributed by atoms with Crippen LogP contribution in [0.2, 0.25) is 0 Å². The summed E-state index contributed by atoms with van der Waals surface area (Å²) in [5.41, 5.74) is -0.251. The van der Waals surface area contributed by atoms with E-state index in [1.165, 1.54) is 6.20 Å². The number of hydrogen-bond acceptors (Lipinski definition) is 3. The number of nitrogens with zero attached hydrogens (tertiary/aromatic N) is 1. The van der Waals surface area contributed by atoms with Crippen molar-refractivity contribution in [1.29, 1.82) is 0 Å². The van der Waals surface area contributed by atoms with Crippen molar-refractivity contribution in [2.45, 2.75) is 25.9 Å². The summed E-state index contributed by atoms with van der Waals surface area (Å²) in [6, 6.07) is 3.20. The molecule has 0 spiro atoms. The van der Waals surface area contributed by atoms with Crippen molar-refractivity contribution in [2.24, 2.45) is 0 Å². The van der Waals surface area contributed by atoms with Crippen LogP contribution in [0, 0.1) is 5.95 Å². The first-order valence-corrected chi connectivity index (χ1v) is 4.83. The molecule has 15 heavy (non-hydrogen) atoms. The average molecular weight is 213 g/mol. The van der Waals surface area contributed by atoms with E-state index >= 15 is 0 Å². The van der Waals surface area contributed by atoms with Gasteiger partial charge in [0.15, 0.2) is 5.75 Å². The number of methoxy groups -OCH3 is 1. The molecule has 84 valence electrons. The van der Waals surface area contributed by atoms with Gasteiger partial charge in [0.25, 0.3) is 5.95 Å². The van der Waals surface area contributed by atoms with Crippen LogP contribution in [0.15, 0.2) is 18.3 Å². The monoisotopic (exact) mass is 213 g/mol. The highest BCUT2D eigenvalue weighted by Crippen LogP contribution is 2.16. The maximum Gasteiger partial charge on any atom is 0.255 e. The summed E-state index contributed by atoms with van der Waals surface area (Å²) in [5.74, 6) is -0.392. The second-order valence-corrected chi connectivity index (χ2v) is 3.85. The van der Waals surface area contributed by atoms with Crippen molar-refractivity contribution >= 4 is 0 Å². The molecule has 0 fully saturated rings. The summed E-state index contributed by atoms with van der Waals surface area (Å²) in [5, 5.41) is 0. The third-order valence-corrected chi connectivity index (χ3v) is 2.24. The fourth-order valence-corrected chi connectivity index (χ4v) is 0.988. The second-order valence-electron chi connectivity index (χ2n) is 3.85. The summed E-state index contributed by atoms with van der Waals surface area (Å²) in [6.07, 6.45) is 2.08. The Morgan fingerprint density at radius 1 is 1.47 bits per heavy atom. The quantitative estimate of drug-likeness (QED) is 0.704. The average Bonchev–Trinajstić information content (AvgIpc) is 2.21. The zero-order valence-electron chi connectivity index (χ0n) is 9.29. The lowest BCUT2D eigenvalue weighted by Gasteiger charge is -2.22. The molecule has 0 saturated heterocycles. The molecule has 0 radical (unpaired) electrons.